The average molecular weight is 447 g/mol. The maximum Gasteiger partial charge on any atom is 0.148 e. The fraction of sp³-hybridized carbons (Fsp3) is 0.269. The van der Waals surface area contributed by atoms with Gasteiger partial charge >= 0.3 is 0 Å². The number of aromatic amines is 1. The van der Waals surface area contributed by atoms with Gasteiger partial charge in [0.2, 0.25) is 0 Å². The number of para-hydroxylation sites is 1. The fourth-order valence-corrected chi connectivity index (χ4v) is 3.63. The van der Waals surface area contributed by atoms with Crippen LogP contribution in [0, 0.1) is 5.82 Å². The van der Waals surface area contributed by atoms with Crippen molar-refractivity contribution in [1.29, 1.82) is 0 Å². The Bertz CT molecular complexity index is 1150. The quantitative estimate of drug-likeness (QED) is 0.321. The van der Waals surface area contributed by atoms with Crippen LogP contribution >= 0.6 is 0 Å². The van der Waals surface area contributed by atoms with Crippen molar-refractivity contribution in [1.82, 2.24) is 20.6 Å². The second kappa shape index (κ2) is 11.2. The SMILES string of the molecule is CCc1cc(-c2ccc(F)cc2)ccc1OCCCOc1ccccc1CCc1nnn[nH]1. The Balaban J connectivity index is 1.27. The molecule has 4 aromatic rings. The summed E-state index contributed by atoms with van der Waals surface area (Å²) in [4.78, 5) is 0. The van der Waals surface area contributed by atoms with E-state index in [1.54, 1.807) is 12.1 Å². The van der Waals surface area contributed by atoms with Crippen LogP contribution in [-0.2, 0) is 19.3 Å². The zero-order valence-corrected chi connectivity index (χ0v) is 18.6. The highest BCUT2D eigenvalue weighted by Crippen LogP contribution is 2.27. The number of hydrogen-bond acceptors (Lipinski definition) is 5. The minimum Gasteiger partial charge on any atom is -0.493 e. The number of halogens is 1. The van der Waals surface area contributed by atoms with E-state index in [0.717, 1.165) is 65.3 Å². The van der Waals surface area contributed by atoms with Gasteiger partial charge in [0.25, 0.3) is 0 Å². The normalized spacial score (nSPS) is 10.8. The van der Waals surface area contributed by atoms with E-state index in [1.165, 1.54) is 12.1 Å². The first-order valence-corrected chi connectivity index (χ1v) is 11.2. The Morgan fingerprint density at radius 3 is 2.27 bits per heavy atom. The molecule has 3 aromatic carbocycles. The van der Waals surface area contributed by atoms with E-state index in [9.17, 15) is 4.39 Å². The Hall–Kier alpha value is -3.74. The van der Waals surface area contributed by atoms with Crippen LogP contribution in [0.4, 0.5) is 4.39 Å². The molecule has 6 nitrogen and oxygen atoms in total. The van der Waals surface area contributed by atoms with Crippen molar-refractivity contribution >= 4 is 0 Å². The predicted octanol–water partition coefficient (Wildman–Crippen LogP) is 5.20. The number of hydrogen-bond donors (Lipinski definition) is 1. The summed E-state index contributed by atoms with van der Waals surface area (Å²) >= 11 is 0. The molecular weight excluding hydrogens is 419 g/mol. The first kappa shape index (κ1) is 22.5. The minimum atomic E-state index is -0.230. The first-order chi connectivity index (χ1) is 16.2. The molecule has 0 aliphatic rings. The molecule has 1 aromatic heterocycles. The standard InChI is InChI=1S/C26H27FN4O2/c1-2-19-18-22(20-8-12-23(27)13-9-20)10-14-25(19)33-17-5-16-32-24-7-4-3-6-21(24)11-15-26-28-30-31-29-26/h3-4,6-10,12-14,18H,2,5,11,15-17H2,1H3,(H,28,29,30,31). The van der Waals surface area contributed by atoms with E-state index < -0.39 is 0 Å². The third kappa shape index (κ3) is 6.16. The topological polar surface area (TPSA) is 72.9 Å². The summed E-state index contributed by atoms with van der Waals surface area (Å²) in [6.45, 7) is 3.23. The van der Waals surface area contributed by atoms with Crippen LogP contribution in [0.25, 0.3) is 11.1 Å². The summed E-state index contributed by atoms with van der Waals surface area (Å²) in [6, 6.07) is 20.7. The van der Waals surface area contributed by atoms with Crippen molar-refractivity contribution in [3.05, 3.63) is 89.5 Å². The van der Waals surface area contributed by atoms with Gasteiger partial charge in [0.05, 0.1) is 13.2 Å². The average Bonchev–Trinajstić information content (AvgIpc) is 3.37. The summed E-state index contributed by atoms with van der Waals surface area (Å²) in [7, 11) is 0. The largest absolute Gasteiger partial charge is 0.493 e. The van der Waals surface area contributed by atoms with E-state index >= 15 is 0 Å². The molecule has 0 fully saturated rings. The maximum absolute atomic E-state index is 13.2. The Labute approximate surface area is 192 Å². The van der Waals surface area contributed by atoms with Crippen LogP contribution < -0.4 is 9.47 Å². The van der Waals surface area contributed by atoms with Crippen molar-refractivity contribution in [3.8, 4) is 22.6 Å². The van der Waals surface area contributed by atoms with Gasteiger partial charge in [-0.3, -0.25) is 0 Å². The molecule has 4 rings (SSSR count). The molecule has 0 saturated carbocycles. The number of aromatic nitrogens is 4. The number of nitrogens with one attached hydrogen (secondary N) is 1. The molecule has 0 spiro atoms. The number of H-pyrrole nitrogens is 1. The molecule has 7 heteroatoms. The van der Waals surface area contributed by atoms with Crippen LogP contribution in [0.15, 0.2) is 66.7 Å². The van der Waals surface area contributed by atoms with Crippen LogP contribution in [0.5, 0.6) is 11.5 Å². The second-order valence-corrected chi connectivity index (χ2v) is 7.69. The molecule has 0 saturated heterocycles. The predicted molar refractivity (Wildman–Crippen MR) is 125 cm³/mol. The van der Waals surface area contributed by atoms with E-state index in [-0.39, 0.29) is 5.82 Å². The number of nitrogens with zero attached hydrogens (tertiary/aromatic N) is 3. The Kier molecular flexibility index (Phi) is 7.64. The third-order valence-electron chi connectivity index (χ3n) is 5.42. The number of rotatable bonds is 11. The van der Waals surface area contributed by atoms with Crippen molar-refractivity contribution in [2.45, 2.75) is 32.6 Å². The van der Waals surface area contributed by atoms with E-state index in [1.807, 2.05) is 30.3 Å². The fourth-order valence-electron chi connectivity index (χ4n) is 3.63. The lowest BCUT2D eigenvalue weighted by Gasteiger charge is -2.14. The molecule has 0 amide bonds. The molecule has 1 N–H and O–H groups in total. The van der Waals surface area contributed by atoms with Crippen LogP contribution in [0.2, 0.25) is 0 Å². The van der Waals surface area contributed by atoms with Gasteiger partial charge in [-0.25, -0.2) is 9.49 Å². The van der Waals surface area contributed by atoms with E-state index in [4.69, 9.17) is 9.47 Å². The van der Waals surface area contributed by atoms with Gasteiger partial charge in [-0.1, -0.05) is 43.3 Å². The zero-order chi connectivity index (χ0) is 22.9. The summed E-state index contributed by atoms with van der Waals surface area (Å²) in [6.07, 6.45) is 3.15. The van der Waals surface area contributed by atoms with Crippen LogP contribution in [-0.4, -0.2) is 33.8 Å². The molecule has 170 valence electrons. The monoisotopic (exact) mass is 446 g/mol. The van der Waals surface area contributed by atoms with Gasteiger partial charge in [-0.05, 0) is 75.9 Å². The zero-order valence-electron chi connectivity index (χ0n) is 18.6. The number of ether oxygens (including phenoxy) is 2. The molecule has 0 radical (unpaired) electrons. The van der Waals surface area contributed by atoms with Crippen LogP contribution in [0.3, 0.4) is 0 Å². The molecule has 0 bridgehead atoms. The van der Waals surface area contributed by atoms with Crippen LogP contribution in [0.1, 0.15) is 30.3 Å². The molecule has 1 heterocycles. The second-order valence-electron chi connectivity index (χ2n) is 7.69. The van der Waals surface area contributed by atoms with E-state index in [0.29, 0.717) is 13.2 Å². The van der Waals surface area contributed by atoms with Crippen molar-refractivity contribution in [2.24, 2.45) is 0 Å². The summed E-state index contributed by atoms with van der Waals surface area (Å²) in [5, 5.41) is 13.9. The Morgan fingerprint density at radius 2 is 1.55 bits per heavy atom. The highest BCUT2D eigenvalue weighted by molar-refractivity contribution is 5.65. The van der Waals surface area contributed by atoms with E-state index in [2.05, 4.69) is 39.7 Å². The number of tetrazole rings is 1. The van der Waals surface area contributed by atoms with Gasteiger partial charge < -0.3 is 9.47 Å². The molecule has 33 heavy (non-hydrogen) atoms. The van der Waals surface area contributed by atoms with Crippen molar-refractivity contribution in [2.75, 3.05) is 13.2 Å². The molecule has 0 unspecified atom stereocenters. The van der Waals surface area contributed by atoms with Crippen molar-refractivity contribution in [3.63, 3.8) is 0 Å². The van der Waals surface area contributed by atoms with Gasteiger partial charge in [0.15, 0.2) is 0 Å². The van der Waals surface area contributed by atoms with Gasteiger partial charge in [0.1, 0.15) is 23.1 Å². The van der Waals surface area contributed by atoms with Gasteiger partial charge in [-0.2, -0.15) is 0 Å². The van der Waals surface area contributed by atoms with Crippen molar-refractivity contribution < 1.29 is 13.9 Å². The maximum atomic E-state index is 13.2. The molecular formula is C26H27FN4O2. The smallest absolute Gasteiger partial charge is 0.148 e. The highest BCUT2D eigenvalue weighted by Gasteiger charge is 2.08. The Morgan fingerprint density at radius 1 is 0.818 bits per heavy atom. The molecule has 0 aliphatic carbocycles. The summed E-state index contributed by atoms with van der Waals surface area (Å²) < 4.78 is 25.3. The minimum absolute atomic E-state index is 0.230. The lowest BCUT2D eigenvalue weighted by molar-refractivity contribution is 0.245. The lowest BCUT2D eigenvalue weighted by Crippen LogP contribution is -2.07. The van der Waals surface area contributed by atoms with Gasteiger partial charge in [-0.15, -0.1) is 5.10 Å². The van der Waals surface area contributed by atoms with Gasteiger partial charge in [0, 0.05) is 12.8 Å². The number of benzene rings is 3. The third-order valence-corrected chi connectivity index (χ3v) is 5.42. The summed E-state index contributed by atoms with van der Waals surface area (Å²) in [5.74, 6) is 2.29. The first-order valence-electron chi connectivity index (χ1n) is 11.2. The molecule has 0 aliphatic heterocycles. The number of aryl methyl sites for hydroxylation is 3. The summed E-state index contributed by atoms with van der Waals surface area (Å²) in [5.41, 5.74) is 4.30. The molecule has 0 atom stereocenters. The highest BCUT2D eigenvalue weighted by atomic mass is 19.1. The lowest BCUT2D eigenvalue weighted by atomic mass is 10.0.